The van der Waals surface area contributed by atoms with Crippen LogP contribution < -0.4 is 0 Å². The Bertz CT molecular complexity index is 808. The van der Waals surface area contributed by atoms with Crippen LogP contribution in [0.1, 0.15) is 36.1 Å². The molecule has 0 saturated carbocycles. The lowest BCUT2D eigenvalue weighted by Gasteiger charge is -2.21. The van der Waals surface area contributed by atoms with Crippen molar-refractivity contribution in [3.63, 3.8) is 0 Å². The van der Waals surface area contributed by atoms with E-state index in [0.29, 0.717) is 0 Å². The Morgan fingerprint density at radius 1 is 0.682 bits per heavy atom. The van der Waals surface area contributed by atoms with Crippen molar-refractivity contribution in [2.24, 2.45) is 0 Å². The van der Waals surface area contributed by atoms with Crippen LogP contribution in [0.15, 0.2) is 34.1 Å². The molecule has 3 rings (SSSR count). The van der Waals surface area contributed by atoms with Gasteiger partial charge < -0.3 is 0 Å². The molecule has 1 heterocycles. The van der Waals surface area contributed by atoms with Gasteiger partial charge in [0, 0.05) is 20.9 Å². The molecule has 22 heavy (non-hydrogen) atoms. The highest BCUT2D eigenvalue weighted by atomic mass is 33.1. The van der Waals surface area contributed by atoms with Crippen LogP contribution in [0.2, 0.25) is 0 Å². The first kappa shape index (κ1) is 15.2. The molecule has 1 aliphatic heterocycles. The smallest absolute Gasteiger partial charge is 0.0281 e. The van der Waals surface area contributed by atoms with Crippen LogP contribution in [-0.4, -0.2) is 0 Å². The van der Waals surface area contributed by atoms with Gasteiger partial charge in [0.25, 0.3) is 0 Å². The fourth-order valence-corrected chi connectivity index (χ4v) is 5.06. The Morgan fingerprint density at radius 3 is 1.45 bits per heavy atom. The van der Waals surface area contributed by atoms with Crippen molar-refractivity contribution in [3.05, 3.63) is 46.5 Å². The summed E-state index contributed by atoms with van der Waals surface area (Å²) in [6, 6.07) is 8.96. The first-order valence-corrected chi connectivity index (χ1v) is 9.28. The van der Waals surface area contributed by atoms with E-state index in [1.807, 2.05) is 35.4 Å². The lowest BCUT2D eigenvalue weighted by molar-refractivity contribution is 1.29. The van der Waals surface area contributed by atoms with Gasteiger partial charge in [-0.25, -0.2) is 0 Å². The molecule has 0 bridgehead atoms. The fourth-order valence-electron chi connectivity index (χ4n) is 2.55. The maximum absolute atomic E-state index is 3.21. The molecule has 0 unspecified atom stereocenters. The van der Waals surface area contributed by atoms with Crippen molar-refractivity contribution in [2.45, 2.75) is 37.5 Å². The number of rotatable bonds is 0. The van der Waals surface area contributed by atoms with Crippen LogP contribution in [0, 0.1) is 37.5 Å². The Labute approximate surface area is 140 Å². The molecule has 2 heteroatoms. The van der Waals surface area contributed by atoms with Gasteiger partial charge in [0.1, 0.15) is 0 Å². The molecule has 2 aromatic carbocycles. The highest BCUT2D eigenvalue weighted by Crippen LogP contribution is 2.52. The minimum atomic E-state index is 1.11. The second-order valence-corrected chi connectivity index (χ2v) is 7.46. The van der Waals surface area contributed by atoms with Crippen molar-refractivity contribution < 1.29 is 0 Å². The largest absolute Gasteiger partial charge is 0.101 e. The van der Waals surface area contributed by atoms with Gasteiger partial charge >= 0.3 is 0 Å². The summed E-state index contributed by atoms with van der Waals surface area (Å²) in [6.45, 7) is 8.03. The minimum absolute atomic E-state index is 1.11. The average Bonchev–Trinajstić information content (AvgIpc) is 2.50. The number of fused-ring (bicyclic) bond motifs is 3. The van der Waals surface area contributed by atoms with Crippen molar-refractivity contribution in [1.82, 2.24) is 0 Å². The molecule has 0 N–H and O–H groups in total. The number of aryl methyl sites for hydroxylation is 2. The zero-order valence-corrected chi connectivity index (χ0v) is 14.8. The standard InChI is InChI=1S/C20H16S2/c1-5-7-15-11-17-18-12-16(8-6-2)14(4)10-20(18)22-21-19(17)9-13(15)3/h9-12H,1-4H3. The van der Waals surface area contributed by atoms with Crippen LogP contribution in [0.4, 0.5) is 0 Å². The van der Waals surface area contributed by atoms with Gasteiger partial charge in [0.05, 0.1) is 0 Å². The minimum Gasteiger partial charge on any atom is -0.101 e. The van der Waals surface area contributed by atoms with Gasteiger partial charge in [-0.2, -0.15) is 0 Å². The van der Waals surface area contributed by atoms with E-state index in [9.17, 15) is 0 Å². The van der Waals surface area contributed by atoms with E-state index in [1.54, 1.807) is 0 Å². The van der Waals surface area contributed by atoms with Gasteiger partial charge in [-0.05, 0) is 74.2 Å². The molecule has 0 atom stereocenters. The molecule has 0 aromatic heterocycles. The summed E-state index contributed by atoms with van der Waals surface area (Å²) in [5.41, 5.74) is 7.27. The SMILES string of the molecule is CC#Cc1cc2c(cc1C)SSc1cc(C)c(C#CC)cc1-2. The fraction of sp³-hybridized carbons (Fsp3) is 0.200. The maximum Gasteiger partial charge on any atom is 0.0281 e. The molecule has 0 aliphatic carbocycles. The molecule has 0 spiro atoms. The lowest BCUT2D eigenvalue weighted by atomic mass is 9.96. The monoisotopic (exact) mass is 320 g/mol. The van der Waals surface area contributed by atoms with E-state index in [4.69, 9.17) is 0 Å². The summed E-state index contributed by atoms with van der Waals surface area (Å²) >= 11 is 0. The molecule has 108 valence electrons. The molecule has 0 radical (unpaired) electrons. The average molecular weight is 320 g/mol. The van der Waals surface area contributed by atoms with E-state index in [2.05, 4.69) is 61.8 Å². The zero-order chi connectivity index (χ0) is 15.7. The summed E-state index contributed by atoms with van der Waals surface area (Å²) < 4.78 is 0. The topological polar surface area (TPSA) is 0 Å². The Morgan fingerprint density at radius 2 is 1.09 bits per heavy atom. The predicted molar refractivity (Wildman–Crippen MR) is 98.2 cm³/mol. The quantitative estimate of drug-likeness (QED) is 0.443. The maximum atomic E-state index is 3.21. The molecular weight excluding hydrogens is 304 g/mol. The normalized spacial score (nSPS) is 11.5. The second kappa shape index (κ2) is 6.17. The summed E-state index contributed by atoms with van der Waals surface area (Å²) in [5.74, 6) is 12.5. The third-order valence-corrected chi connectivity index (χ3v) is 6.13. The highest BCUT2D eigenvalue weighted by Gasteiger charge is 2.20. The van der Waals surface area contributed by atoms with Crippen LogP contribution in [0.5, 0.6) is 0 Å². The van der Waals surface area contributed by atoms with Crippen molar-refractivity contribution in [3.8, 4) is 34.8 Å². The van der Waals surface area contributed by atoms with Crippen LogP contribution in [0.25, 0.3) is 11.1 Å². The Kier molecular flexibility index (Phi) is 4.25. The predicted octanol–water partition coefficient (Wildman–Crippen LogP) is 5.83. The summed E-state index contributed by atoms with van der Waals surface area (Å²) in [4.78, 5) is 2.63. The van der Waals surface area contributed by atoms with E-state index >= 15 is 0 Å². The first-order valence-electron chi connectivity index (χ1n) is 7.13. The van der Waals surface area contributed by atoms with Gasteiger partial charge in [-0.15, -0.1) is 11.8 Å². The van der Waals surface area contributed by atoms with Gasteiger partial charge in [-0.3, -0.25) is 0 Å². The van der Waals surface area contributed by atoms with Crippen molar-refractivity contribution in [2.75, 3.05) is 0 Å². The molecule has 0 amide bonds. The van der Waals surface area contributed by atoms with Crippen LogP contribution >= 0.6 is 21.6 Å². The van der Waals surface area contributed by atoms with Crippen LogP contribution in [-0.2, 0) is 0 Å². The van der Waals surface area contributed by atoms with E-state index < -0.39 is 0 Å². The Balaban J connectivity index is 2.26. The second-order valence-electron chi connectivity index (χ2n) is 5.24. The molecule has 2 aromatic rings. The van der Waals surface area contributed by atoms with E-state index in [0.717, 1.165) is 11.1 Å². The molecule has 0 nitrogen and oxygen atoms in total. The van der Waals surface area contributed by atoms with Crippen molar-refractivity contribution in [1.29, 1.82) is 0 Å². The van der Waals surface area contributed by atoms with Gasteiger partial charge in [0.2, 0.25) is 0 Å². The summed E-state index contributed by atoms with van der Waals surface area (Å²) in [7, 11) is 3.67. The van der Waals surface area contributed by atoms with Crippen LogP contribution in [0.3, 0.4) is 0 Å². The summed E-state index contributed by atoms with van der Waals surface area (Å²) in [5, 5.41) is 0. The van der Waals surface area contributed by atoms with E-state index in [1.165, 1.54) is 32.0 Å². The molecule has 0 fully saturated rings. The summed E-state index contributed by atoms with van der Waals surface area (Å²) in [6.07, 6.45) is 0. The number of hydrogen-bond donors (Lipinski definition) is 0. The molecular formula is C20H16S2. The highest BCUT2D eigenvalue weighted by molar-refractivity contribution is 8.76. The Hall–Kier alpha value is -1.74. The number of hydrogen-bond acceptors (Lipinski definition) is 2. The third-order valence-electron chi connectivity index (χ3n) is 3.68. The number of benzene rings is 2. The molecule has 1 aliphatic rings. The van der Waals surface area contributed by atoms with Gasteiger partial charge in [0.15, 0.2) is 0 Å². The van der Waals surface area contributed by atoms with Gasteiger partial charge in [-0.1, -0.05) is 33.4 Å². The lowest BCUT2D eigenvalue weighted by Crippen LogP contribution is -1.96. The van der Waals surface area contributed by atoms with E-state index in [-0.39, 0.29) is 0 Å². The third kappa shape index (κ3) is 2.66. The zero-order valence-electron chi connectivity index (χ0n) is 13.1. The van der Waals surface area contributed by atoms with Crippen molar-refractivity contribution >= 4 is 21.6 Å². The molecule has 0 saturated heterocycles. The first-order chi connectivity index (χ1) is 10.6.